The number of fused-ring (bicyclic) bond motifs is 5. The molecule has 0 aromatic heterocycles. The zero-order valence-corrected chi connectivity index (χ0v) is 24.1. The second kappa shape index (κ2) is 12.0. The van der Waals surface area contributed by atoms with Crippen molar-refractivity contribution in [3.63, 3.8) is 0 Å². The molecule has 0 aliphatic heterocycles. The number of aliphatic hydroxyl groups is 1. The van der Waals surface area contributed by atoms with Gasteiger partial charge in [0.15, 0.2) is 6.07 Å². The maximum Gasteiger partial charge on any atom is 0.509 e. The van der Waals surface area contributed by atoms with E-state index in [0.717, 1.165) is 51.4 Å². The summed E-state index contributed by atoms with van der Waals surface area (Å²) in [6.45, 7) is 9.90. The van der Waals surface area contributed by atoms with Crippen LogP contribution < -0.4 is 0 Å². The van der Waals surface area contributed by atoms with E-state index in [-0.39, 0.29) is 35.1 Å². The van der Waals surface area contributed by atoms with Crippen LogP contribution in [0.4, 0.5) is 4.79 Å². The average molecular weight is 541 g/mol. The van der Waals surface area contributed by atoms with Crippen LogP contribution in [0.5, 0.6) is 0 Å². The summed E-state index contributed by atoms with van der Waals surface area (Å²) in [4.78, 5) is 24.0. The smallest absolute Gasteiger partial charge is 0.466 e. The third-order valence-corrected chi connectivity index (χ3v) is 11.5. The van der Waals surface area contributed by atoms with E-state index in [9.17, 15) is 14.7 Å². The van der Waals surface area contributed by atoms with Gasteiger partial charge in [-0.1, -0.05) is 45.7 Å². The van der Waals surface area contributed by atoms with E-state index in [0.29, 0.717) is 48.5 Å². The van der Waals surface area contributed by atoms with E-state index in [1.807, 2.05) is 0 Å². The van der Waals surface area contributed by atoms with Crippen LogP contribution in [0.1, 0.15) is 105 Å². The second-order valence-corrected chi connectivity index (χ2v) is 13.4. The molecule has 4 saturated carbocycles. The second-order valence-electron chi connectivity index (χ2n) is 13.1. The van der Waals surface area contributed by atoms with Gasteiger partial charge in [-0.3, -0.25) is 4.79 Å². The average Bonchev–Trinajstić information content (AvgIpc) is 3.21. The van der Waals surface area contributed by atoms with Crippen LogP contribution in [0.3, 0.4) is 0 Å². The summed E-state index contributed by atoms with van der Waals surface area (Å²) in [6, 6.07) is -0.196. The molecule has 0 aromatic rings. The molecule has 7 heteroatoms. The molecule has 4 fully saturated rings. The van der Waals surface area contributed by atoms with Gasteiger partial charge in [-0.05, 0) is 111 Å². The first-order chi connectivity index (χ1) is 17.6. The molecule has 10 atom stereocenters. The summed E-state index contributed by atoms with van der Waals surface area (Å²) in [5, 5.41) is 11.6. The number of ether oxygens (including phenoxy) is 3. The number of halogens is 1. The molecule has 0 saturated heterocycles. The van der Waals surface area contributed by atoms with Gasteiger partial charge >= 0.3 is 12.1 Å². The Bertz CT molecular complexity index is 805. The van der Waals surface area contributed by atoms with E-state index in [2.05, 4.69) is 27.7 Å². The number of esters is 1. The maximum atomic E-state index is 12.2. The summed E-state index contributed by atoms with van der Waals surface area (Å²) in [5.41, 5.74) is 0.399. The van der Waals surface area contributed by atoms with Crippen molar-refractivity contribution in [3.8, 4) is 0 Å². The van der Waals surface area contributed by atoms with Crippen molar-refractivity contribution in [3.05, 3.63) is 0 Å². The Kier molecular flexibility index (Phi) is 9.42. The molecule has 0 bridgehead atoms. The molecule has 4 rings (SSSR count). The SMILES string of the molecule is CCCCOC(=O)CC[C@@H](C)C1CCC2C3C(CC[C@@]21C)[C@@]1(C)CC[C@@H](OC(=O)OCCl)C[C@H]1C[C@@H]3O. The first-order valence-corrected chi connectivity index (χ1v) is 15.4. The number of rotatable bonds is 9. The number of carbonyl (C=O) groups is 2. The zero-order valence-electron chi connectivity index (χ0n) is 23.4. The predicted molar refractivity (Wildman–Crippen MR) is 143 cm³/mol. The third-order valence-electron chi connectivity index (χ3n) is 11.4. The standard InChI is InChI=1S/C30H49ClO6/c1-5-6-15-35-26(33)10-7-19(2)22-8-9-23-27-24(12-14-30(22,23)4)29(3)13-11-21(37-28(34)36-18-31)16-20(29)17-25(27)32/h19-25,27,32H,5-18H2,1-4H3/t19-,20+,21-,22?,23?,24?,25+,27?,29+,30-/m1/s1. The Morgan fingerprint density at radius 1 is 1.03 bits per heavy atom. The Morgan fingerprint density at radius 2 is 1.76 bits per heavy atom. The number of unbranched alkanes of at least 4 members (excludes halogenated alkanes) is 1. The lowest BCUT2D eigenvalue weighted by Crippen LogP contribution is -2.58. The van der Waals surface area contributed by atoms with Crippen LogP contribution >= 0.6 is 11.6 Å². The van der Waals surface area contributed by atoms with Gasteiger partial charge < -0.3 is 19.3 Å². The molecule has 0 aromatic carbocycles. The Hall–Kier alpha value is -1.01. The lowest BCUT2D eigenvalue weighted by atomic mass is 9.43. The van der Waals surface area contributed by atoms with Crippen molar-refractivity contribution in [2.24, 2.45) is 46.3 Å². The van der Waals surface area contributed by atoms with E-state index in [1.165, 1.54) is 19.3 Å². The molecular formula is C30H49ClO6. The van der Waals surface area contributed by atoms with Crippen molar-refractivity contribution >= 4 is 23.7 Å². The molecule has 1 N–H and O–H groups in total. The Morgan fingerprint density at radius 3 is 2.49 bits per heavy atom. The Labute approximate surface area is 228 Å². The van der Waals surface area contributed by atoms with Crippen LogP contribution in [0, 0.1) is 46.3 Å². The number of hydrogen-bond donors (Lipinski definition) is 1. The summed E-state index contributed by atoms with van der Waals surface area (Å²) >= 11 is 5.51. The van der Waals surface area contributed by atoms with Crippen molar-refractivity contribution in [2.45, 2.75) is 117 Å². The monoisotopic (exact) mass is 540 g/mol. The Balaban J connectivity index is 1.39. The van der Waals surface area contributed by atoms with E-state index in [1.54, 1.807) is 0 Å². The molecular weight excluding hydrogens is 492 g/mol. The van der Waals surface area contributed by atoms with Crippen molar-refractivity contribution in [2.75, 3.05) is 12.7 Å². The van der Waals surface area contributed by atoms with Crippen molar-refractivity contribution < 1.29 is 28.9 Å². The molecule has 0 amide bonds. The number of carbonyl (C=O) groups excluding carboxylic acids is 2. The summed E-state index contributed by atoms with van der Waals surface area (Å²) < 4.78 is 15.7. The third kappa shape index (κ3) is 5.81. The quantitative estimate of drug-likeness (QED) is 0.191. The van der Waals surface area contributed by atoms with Crippen molar-refractivity contribution in [1.29, 1.82) is 0 Å². The fourth-order valence-corrected chi connectivity index (χ4v) is 9.52. The largest absolute Gasteiger partial charge is 0.509 e. The molecule has 4 aliphatic carbocycles. The number of alkyl halides is 1. The van der Waals surface area contributed by atoms with Gasteiger partial charge in [0, 0.05) is 6.42 Å². The minimum absolute atomic E-state index is 0.0547. The van der Waals surface area contributed by atoms with Gasteiger partial charge in [-0.25, -0.2) is 4.79 Å². The molecule has 0 spiro atoms. The van der Waals surface area contributed by atoms with Crippen LogP contribution in [0.15, 0.2) is 0 Å². The molecule has 212 valence electrons. The van der Waals surface area contributed by atoms with Crippen LogP contribution in [0.25, 0.3) is 0 Å². The lowest BCUT2D eigenvalue weighted by Gasteiger charge is -2.62. The molecule has 0 heterocycles. The van der Waals surface area contributed by atoms with E-state index < -0.39 is 6.16 Å². The molecule has 4 unspecified atom stereocenters. The normalized spacial score (nSPS) is 41.6. The van der Waals surface area contributed by atoms with Gasteiger partial charge in [-0.15, -0.1) is 0 Å². The highest BCUT2D eigenvalue weighted by Gasteiger charge is 2.63. The minimum atomic E-state index is -0.688. The van der Waals surface area contributed by atoms with Gasteiger partial charge in [0.1, 0.15) is 6.10 Å². The number of hydrogen-bond acceptors (Lipinski definition) is 6. The topological polar surface area (TPSA) is 82.1 Å². The molecule has 37 heavy (non-hydrogen) atoms. The first-order valence-electron chi connectivity index (χ1n) is 14.9. The van der Waals surface area contributed by atoms with E-state index >= 15 is 0 Å². The summed E-state index contributed by atoms with van der Waals surface area (Å²) in [6.07, 6.45) is 10.4. The maximum absolute atomic E-state index is 12.2. The number of aliphatic hydroxyl groups excluding tert-OH is 1. The van der Waals surface area contributed by atoms with Crippen LogP contribution in [0.2, 0.25) is 0 Å². The van der Waals surface area contributed by atoms with E-state index in [4.69, 9.17) is 25.8 Å². The van der Waals surface area contributed by atoms with Crippen LogP contribution in [-0.2, 0) is 19.0 Å². The molecule has 6 nitrogen and oxygen atoms in total. The zero-order chi connectivity index (χ0) is 26.8. The predicted octanol–water partition coefficient (Wildman–Crippen LogP) is 7.09. The van der Waals surface area contributed by atoms with Gasteiger partial charge in [0.25, 0.3) is 0 Å². The van der Waals surface area contributed by atoms with Gasteiger partial charge in [0.05, 0.1) is 12.7 Å². The first kappa shape index (κ1) is 29.0. The van der Waals surface area contributed by atoms with Gasteiger partial charge in [-0.2, -0.15) is 0 Å². The fraction of sp³-hybridized carbons (Fsp3) is 0.933. The summed E-state index contributed by atoms with van der Waals surface area (Å²) in [7, 11) is 0. The highest BCUT2D eigenvalue weighted by Crippen LogP contribution is 2.68. The molecule has 0 radical (unpaired) electrons. The van der Waals surface area contributed by atoms with Gasteiger partial charge in [0.2, 0.25) is 0 Å². The fourth-order valence-electron chi connectivity index (χ4n) is 9.43. The highest BCUT2D eigenvalue weighted by molar-refractivity contribution is 6.17. The minimum Gasteiger partial charge on any atom is -0.466 e. The lowest BCUT2D eigenvalue weighted by molar-refractivity contribution is -0.175. The van der Waals surface area contributed by atoms with Crippen LogP contribution in [-0.4, -0.2) is 42.1 Å². The summed E-state index contributed by atoms with van der Waals surface area (Å²) in [5.74, 6) is 2.76. The van der Waals surface area contributed by atoms with Crippen molar-refractivity contribution in [1.82, 2.24) is 0 Å². The highest BCUT2D eigenvalue weighted by atomic mass is 35.5. The molecule has 4 aliphatic rings.